The third kappa shape index (κ3) is 3.73. The summed E-state index contributed by atoms with van der Waals surface area (Å²) < 4.78 is 15.1. The summed E-state index contributed by atoms with van der Waals surface area (Å²) in [5.41, 5.74) is 8.73. The Morgan fingerprint density at radius 2 is 2.14 bits per heavy atom. The highest BCUT2D eigenvalue weighted by molar-refractivity contribution is 5.96. The molecule has 4 rings (SSSR count). The number of likely N-dealkylation sites (N-methyl/N-ethyl adjacent to an activating group) is 1. The molecule has 0 bridgehead atoms. The van der Waals surface area contributed by atoms with Gasteiger partial charge in [-0.3, -0.25) is 4.98 Å². The van der Waals surface area contributed by atoms with Crippen LogP contribution in [0.4, 0.5) is 10.1 Å². The standard InChI is InChI=1S/C22H25FN6/c1-15(16-5-3-6-25-13-16)11-17-19(12-24)27-22-20(17)21(18(23)14-26-22)29-8-4-7-28(2)9-10-29/h3,5-6,11-14H,1,4,7-10,24H2,2H3,(H,26,27)/b17-11+,19-12+. The van der Waals surface area contributed by atoms with E-state index in [-0.39, 0.29) is 5.82 Å². The van der Waals surface area contributed by atoms with Crippen molar-refractivity contribution in [3.63, 3.8) is 0 Å². The Hall–Kier alpha value is -3.19. The Balaban J connectivity index is 1.94. The molecule has 1 aliphatic rings. The number of nitrogens with zero attached hydrogens (tertiary/aromatic N) is 4. The van der Waals surface area contributed by atoms with Gasteiger partial charge in [0.1, 0.15) is 5.65 Å². The number of halogens is 1. The second-order valence-corrected chi connectivity index (χ2v) is 7.35. The van der Waals surface area contributed by atoms with E-state index in [9.17, 15) is 0 Å². The summed E-state index contributed by atoms with van der Waals surface area (Å²) in [6, 6.07) is 3.80. The Kier molecular flexibility index (Phi) is 5.31. The van der Waals surface area contributed by atoms with Crippen LogP contribution in [0.3, 0.4) is 0 Å². The first-order valence-corrected chi connectivity index (χ1v) is 9.71. The van der Waals surface area contributed by atoms with Crippen LogP contribution < -0.4 is 21.2 Å². The van der Waals surface area contributed by atoms with Gasteiger partial charge in [-0.15, -0.1) is 0 Å². The number of nitrogens with one attached hydrogen (secondary N) is 1. The fraction of sp³-hybridized carbons (Fsp3) is 0.273. The fourth-order valence-corrected chi connectivity index (χ4v) is 3.83. The van der Waals surface area contributed by atoms with Crippen molar-refractivity contribution in [1.82, 2.24) is 19.9 Å². The van der Waals surface area contributed by atoms with E-state index in [0.29, 0.717) is 16.7 Å². The monoisotopic (exact) mass is 392 g/mol. The first-order chi connectivity index (χ1) is 14.1. The molecule has 7 heteroatoms. The van der Waals surface area contributed by atoms with Crippen molar-refractivity contribution in [2.24, 2.45) is 5.73 Å². The number of nitrogens with two attached hydrogens (primary N) is 1. The van der Waals surface area contributed by atoms with Crippen molar-refractivity contribution >= 4 is 34.6 Å². The van der Waals surface area contributed by atoms with Gasteiger partial charge in [-0.25, -0.2) is 9.37 Å². The third-order valence-corrected chi connectivity index (χ3v) is 5.37. The predicted octanol–water partition coefficient (Wildman–Crippen LogP) is 1.43. The predicted molar refractivity (Wildman–Crippen MR) is 116 cm³/mol. The topological polar surface area (TPSA) is 74.1 Å². The lowest BCUT2D eigenvalue weighted by molar-refractivity contribution is 0.360. The van der Waals surface area contributed by atoms with Crippen LogP contribution in [0.15, 0.2) is 37.3 Å². The maximum atomic E-state index is 15.1. The van der Waals surface area contributed by atoms with Crippen molar-refractivity contribution in [2.75, 3.05) is 38.1 Å². The van der Waals surface area contributed by atoms with Gasteiger partial charge in [0.15, 0.2) is 5.82 Å². The molecule has 4 heterocycles. The van der Waals surface area contributed by atoms with Crippen LogP contribution in [-0.4, -0.2) is 53.1 Å². The van der Waals surface area contributed by atoms with E-state index in [1.54, 1.807) is 12.4 Å². The molecule has 0 radical (unpaired) electrons. The van der Waals surface area contributed by atoms with Crippen molar-refractivity contribution in [3.8, 4) is 0 Å². The molecule has 0 spiro atoms. The highest BCUT2D eigenvalue weighted by Crippen LogP contribution is 2.26. The van der Waals surface area contributed by atoms with E-state index in [1.807, 2.05) is 18.2 Å². The first kappa shape index (κ1) is 19.1. The normalized spacial score (nSPS) is 17.1. The van der Waals surface area contributed by atoms with Crippen molar-refractivity contribution in [3.05, 3.63) is 59.3 Å². The SMILES string of the molecule is C=C(/C=c1\c(=C/N)[nH]c2ncc(F)c(N3CCCN(C)CC3)c12)c1cccnc1. The molecule has 3 N–H and O–H groups in total. The van der Waals surface area contributed by atoms with Gasteiger partial charge in [0.2, 0.25) is 0 Å². The lowest BCUT2D eigenvalue weighted by Crippen LogP contribution is -2.31. The van der Waals surface area contributed by atoms with E-state index in [2.05, 4.69) is 38.4 Å². The summed E-state index contributed by atoms with van der Waals surface area (Å²) in [6.07, 6.45) is 9.13. The van der Waals surface area contributed by atoms with Crippen LogP contribution >= 0.6 is 0 Å². The molecular weight excluding hydrogens is 367 g/mol. The van der Waals surface area contributed by atoms with Gasteiger partial charge in [0.05, 0.1) is 22.6 Å². The average molecular weight is 392 g/mol. The molecule has 0 atom stereocenters. The molecule has 150 valence electrons. The lowest BCUT2D eigenvalue weighted by Gasteiger charge is -2.24. The zero-order valence-electron chi connectivity index (χ0n) is 16.5. The van der Waals surface area contributed by atoms with Crippen LogP contribution in [-0.2, 0) is 0 Å². The maximum absolute atomic E-state index is 15.1. The zero-order valence-corrected chi connectivity index (χ0v) is 16.5. The fourth-order valence-electron chi connectivity index (χ4n) is 3.83. The van der Waals surface area contributed by atoms with Gasteiger partial charge in [0.25, 0.3) is 0 Å². The Bertz CT molecular complexity index is 1150. The number of hydrogen-bond donors (Lipinski definition) is 2. The quantitative estimate of drug-likeness (QED) is 0.705. The lowest BCUT2D eigenvalue weighted by atomic mass is 10.1. The molecule has 6 nitrogen and oxygen atoms in total. The molecule has 1 aliphatic heterocycles. The summed E-state index contributed by atoms with van der Waals surface area (Å²) in [7, 11) is 2.09. The Labute approximate surface area is 168 Å². The first-order valence-electron chi connectivity index (χ1n) is 9.71. The van der Waals surface area contributed by atoms with E-state index >= 15 is 4.39 Å². The summed E-state index contributed by atoms with van der Waals surface area (Å²) >= 11 is 0. The van der Waals surface area contributed by atoms with Gasteiger partial charge in [-0.05, 0) is 43.3 Å². The summed E-state index contributed by atoms with van der Waals surface area (Å²) in [5.74, 6) is -0.328. The van der Waals surface area contributed by atoms with E-state index in [4.69, 9.17) is 5.73 Å². The van der Waals surface area contributed by atoms with E-state index in [0.717, 1.165) is 54.3 Å². The number of aromatic nitrogens is 3. The minimum absolute atomic E-state index is 0.328. The van der Waals surface area contributed by atoms with Crippen LogP contribution in [0.1, 0.15) is 12.0 Å². The molecule has 0 aromatic carbocycles. The van der Waals surface area contributed by atoms with Gasteiger partial charge in [-0.1, -0.05) is 12.6 Å². The summed E-state index contributed by atoms with van der Waals surface area (Å²) in [4.78, 5) is 16.0. The highest BCUT2D eigenvalue weighted by Gasteiger charge is 2.21. The molecule has 0 unspecified atom stereocenters. The van der Waals surface area contributed by atoms with Crippen LogP contribution in [0.25, 0.3) is 28.9 Å². The highest BCUT2D eigenvalue weighted by atomic mass is 19.1. The Morgan fingerprint density at radius 1 is 1.28 bits per heavy atom. The van der Waals surface area contributed by atoms with Crippen LogP contribution in [0, 0.1) is 5.82 Å². The number of anilines is 1. The number of hydrogen-bond acceptors (Lipinski definition) is 5. The van der Waals surface area contributed by atoms with Crippen molar-refractivity contribution < 1.29 is 4.39 Å². The van der Waals surface area contributed by atoms with Crippen LogP contribution in [0.5, 0.6) is 0 Å². The molecule has 1 fully saturated rings. The number of H-pyrrole nitrogens is 1. The Morgan fingerprint density at radius 3 is 2.90 bits per heavy atom. The van der Waals surface area contributed by atoms with Gasteiger partial charge in [-0.2, -0.15) is 0 Å². The minimum Gasteiger partial charge on any atom is -0.403 e. The molecule has 0 amide bonds. The van der Waals surface area contributed by atoms with Crippen LogP contribution in [0.2, 0.25) is 0 Å². The smallest absolute Gasteiger partial charge is 0.165 e. The van der Waals surface area contributed by atoms with Gasteiger partial charge in [0, 0.05) is 43.4 Å². The number of pyridine rings is 2. The molecule has 1 saturated heterocycles. The van der Waals surface area contributed by atoms with E-state index in [1.165, 1.54) is 12.4 Å². The average Bonchev–Trinajstić information content (AvgIpc) is 2.94. The van der Waals surface area contributed by atoms with Crippen molar-refractivity contribution in [2.45, 2.75) is 6.42 Å². The molecule has 3 aromatic heterocycles. The third-order valence-electron chi connectivity index (χ3n) is 5.37. The summed E-state index contributed by atoms with van der Waals surface area (Å²) in [6.45, 7) is 7.59. The number of rotatable bonds is 3. The molecule has 29 heavy (non-hydrogen) atoms. The zero-order chi connectivity index (χ0) is 20.4. The molecule has 0 aliphatic carbocycles. The van der Waals surface area contributed by atoms with Gasteiger partial charge >= 0.3 is 0 Å². The van der Waals surface area contributed by atoms with E-state index < -0.39 is 0 Å². The summed E-state index contributed by atoms with van der Waals surface area (Å²) in [5, 5.41) is 2.21. The van der Waals surface area contributed by atoms with Crippen molar-refractivity contribution in [1.29, 1.82) is 0 Å². The molecule has 3 aromatic rings. The number of allylic oxidation sites excluding steroid dienone is 1. The largest absolute Gasteiger partial charge is 0.403 e. The maximum Gasteiger partial charge on any atom is 0.165 e. The number of fused-ring (bicyclic) bond motifs is 1. The second-order valence-electron chi connectivity index (χ2n) is 7.35. The molecular formula is C22H25FN6. The second kappa shape index (κ2) is 8.05. The minimum atomic E-state index is -0.328. The van der Waals surface area contributed by atoms with Gasteiger partial charge < -0.3 is 20.5 Å². The molecule has 0 saturated carbocycles. The number of aromatic amines is 1.